The van der Waals surface area contributed by atoms with Gasteiger partial charge in [0.05, 0.1) is 11.4 Å². The molecule has 1 aromatic rings. The lowest BCUT2D eigenvalue weighted by atomic mass is 9.98. The summed E-state index contributed by atoms with van der Waals surface area (Å²) >= 11 is 0. The molecule has 0 atom stereocenters. The molecule has 1 saturated heterocycles. The van der Waals surface area contributed by atoms with Crippen LogP contribution >= 0.6 is 24.0 Å². The van der Waals surface area contributed by atoms with Crippen LogP contribution in [-0.2, 0) is 16.6 Å². The number of guanidine groups is 1. The fraction of sp³-hybridized carbons (Fsp3) is 0.667. The van der Waals surface area contributed by atoms with E-state index in [4.69, 9.17) is 0 Å². The third kappa shape index (κ3) is 7.35. The first kappa shape index (κ1) is 27.1. The highest BCUT2D eigenvalue weighted by Gasteiger charge is 2.28. The van der Waals surface area contributed by atoms with Crippen LogP contribution in [-0.4, -0.2) is 69.4 Å². The van der Waals surface area contributed by atoms with Crippen LogP contribution in [0.15, 0.2) is 34.2 Å². The summed E-state index contributed by atoms with van der Waals surface area (Å²) < 4.78 is 26.4. The number of sulfonamides is 1. The molecule has 30 heavy (non-hydrogen) atoms. The topological polar surface area (TPSA) is 77.0 Å². The summed E-state index contributed by atoms with van der Waals surface area (Å²) in [5.41, 5.74) is 0.719. The molecular weight excluding hydrogens is 513 g/mol. The SMILES string of the molecule is CCNC(=NCc1ccccc1S(=O)(=O)N(C)C)NCC(C)(C)N1CCCCC1.I. The quantitative estimate of drug-likeness (QED) is 0.295. The zero-order chi connectivity index (χ0) is 21.5. The Morgan fingerprint density at radius 3 is 2.37 bits per heavy atom. The van der Waals surface area contributed by atoms with Gasteiger partial charge in [-0.3, -0.25) is 4.90 Å². The second kappa shape index (κ2) is 12.2. The van der Waals surface area contributed by atoms with Gasteiger partial charge in [-0.2, -0.15) is 0 Å². The Morgan fingerprint density at radius 2 is 1.77 bits per heavy atom. The van der Waals surface area contributed by atoms with Crippen LogP contribution in [0.2, 0.25) is 0 Å². The molecule has 2 N–H and O–H groups in total. The molecule has 0 aliphatic carbocycles. The number of benzene rings is 1. The second-order valence-electron chi connectivity index (χ2n) is 8.30. The summed E-state index contributed by atoms with van der Waals surface area (Å²) in [5.74, 6) is 0.703. The first-order valence-corrected chi connectivity index (χ1v) is 11.9. The molecule has 0 unspecified atom stereocenters. The molecule has 0 radical (unpaired) electrons. The lowest BCUT2D eigenvalue weighted by molar-refractivity contribution is 0.0982. The summed E-state index contributed by atoms with van der Waals surface area (Å²) in [6.45, 7) is 10.6. The molecule has 1 aliphatic rings. The number of hydrogen-bond donors (Lipinski definition) is 2. The molecule has 0 amide bonds. The summed E-state index contributed by atoms with van der Waals surface area (Å²) in [6, 6.07) is 7.05. The molecule has 1 aromatic carbocycles. The monoisotopic (exact) mass is 551 g/mol. The largest absolute Gasteiger partial charge is 0.357 e. The van der Waals surface area contributed by atoms with Gasteiger partial charge >= 0.3 is 0 Å². The highest BCUT2D eigenvalue weighted by Crippen LogP contribution is 2.20. The van der Waals surface area contributed by atoms with Crippen LogP contribution in [0.3, 0.4) is 0 Å². The van der Waals surface area contributed by atoms with Crippen LogP contribution in [0.5, 0.6) is 0 Å². The van der Waals surface area contributed by atoms with E-state index in [2.05, 4.69) is 34.4 Å². The molecule has 0 aromatic heterocycles. The summed E-state index contributed by atoms with van der Waals surface area (Å²) in [6.07, 6.45) is 3.84. The van der Waals surface area contributed by atoms with E-state index in [9.17, 15) is 8.42 Å². The molecule has 1 heterocycles. The average Bonchev–Trinajstić information content (AvgIpc) is 2.71. The minimum atomic E-state index is -3.50. The highest BCUT2D eigenvalue weighted by molar-refractivity contribution is 14.0. The Kier molecular flexibility index (Phi) is 11.0. The molecule has 9 heteroatoms. The Labute approximate surface area is 199 Å². The van der Waals surface area contributed by atoms with Crippen LogP contribution in [0, 0.1) is 0 Å². The van der Waals surface area contributed by atoms with Crippen molar-refractivity contribution in [2.75, 3.05) is 40.3 Å². The zero-order valence-electron chi connectivity index (χ0n) is 18.9. The van der Waals surface area contributed by atoms with Gasteiger partial charge in [0, 0.05) is 32.7 Å². The minimum absolute atomic E-state index is 0. The Hall–Kier alpha value is -0.910. The number of nitrogens with zero attached hydrogens (tertiary/aromatic N) is 3. The number of halogens is 1. The van der Waals surface area contributed by atoms with Gasteiger partial charge in [-0.1, -0.05) is 24.6 Å². The zero-order valence-corrected chi connectivity index (χ0v) is 22.1. The van der Waals surface area contributed by atoms with Crippen molar-refractivity contribution in [3.63, 3.8) is 0 Å². The molecule has 0 saturated carbocycles. The van der Waals surface area contributed by atoms with E-state index in [1.54, 1.807) is 26.2 Å². The molecule has 0 spiro atoms. The van der Waals surface area contributed by atoms with Gasteiger partial charge in [-0.15, -0.1) is 24.0 Å². The third-order valence-electron chi connectivity index (χ3n) is 5.38. The third-order valence-corrected chi connectivity index (χ3v) is 7.30. The van der Waals surface area contributed by atoms with E-state index in [-0.39, 0.29) is 29.5 Å². The molecule has 1 aliphatic heterocycles. The van der Waals surface area contributed by atoms with Crippen molar-refractivity contribution in [3.8, 4) is 0 Å². The van der Waals surface area contributed by atoms with Crippen LogP contribution in [0.4, 0.5) is 0 Å². The number of hydrogen-bond acceptors (Lipinski definition) is 4. The van der Waals surface area contributed by atoms with E-state index in [0.717, 1.165) is 26.2 Å². The number of piperidine rings is 1. The van der Waals surface area contributed by atoms with E-state index < -0.39 is 10.0 Å². The van der Waals surface area contributed by atoms with Gasteiger partial charge in [0.2, 0.25) is 10.0 Å². The minimum Gasteiger partial charge on any atom is -0.357 e. The highest BCUT2D eigenvalue weighted by atomic mass is 127. The van der Waals surface area contributed by atoms with Crippen LogP contribution in [0.25, 0.3) is 0 Å². The molecule has 0 bridgehead atoms. The van der Waals surface area contributed by atoms with Crippen molar-refractivity contribution in [3.05, 3.63) is 29.8 Å². The van der Waals surface area contributed by atoms with E-state index in [0.29, 0.717) is 23.0 Å². The predicted octanol–water partition coefficient (Wildman–Crippen LogP) is 2.87. The molecule has 172 valence electrons. The van der Waals surface area contributed by atoms with Crippen molar-refractivity contribution in [1.82, 2.24) is 19.8 Å². The fourth-order valence-corrected chi connectivity index (χ4v) is 4.61. The van der Waals surface area contributed by atoms with Crippen molar-refractivity contribution in [1.29, 1.82) is 0 Å². The molecule has 2 rings (SSSR count). The molecule has 7 nitrogen and oxygen atoms in total. The smallest absolute Gasteiger partial charge is 0.242 e. The number of rotatable bonds is 8. The lowest BCUT2D eigenvalue weighted by Gasteiger charge is -2.41. The summed E-state index contributed by atoms with van der Waals surface area (Å²) in [7, 11) is -0.411. The lowest BCUT2D eigenvalue weighted by Crippen LogP contribution is -2.54. The standard InChI is InChI=1S/C21H37N5O2S.HI/c1-6-22-20(24-17-21(2,3)26-14-10-7-11-15-26)23-16-18-12-8-9-13-19(18)29(27,28)25(4)5;/h8-9,12-13H,6-7,10-11,14-17H2,1-5H3,(H2,22,23,24);1H. The van der Waals surface area contributed by atoms with E-state index in [1.165, 1.54) is 23.6 Å². The Morgan fingerprint density at radius 1 is 1.13 bits per heavy atom. The average molecular weight is 552 g/mol. The van der Waals surface area contributed by atoms with Crippen molar-refractivity contribution < 1.29 is 8.42 Å². The van der Waals surface area contributed by atoms with Gasteiger partial charge in [-0.05, 0) is 58.3 Å². The second-order valence-corrected chi connectivity index (χ2v) is 10.4. The van der Waals surface area contributed by atoms with E-state index in [1.807, 2.05) is 19.1 Å². The van der Waals surface area contributed by atoms with Gasteiger partial charge < -0.3 is 10.6 Å². The first-order valence-electron chi connectivity index (χ1n) is 10.5. The maximum atomic E-state index is 12.6. The Balaban J connectivity index is 0.00000450. The normalized spacial score (nSPS) is 16.3. The Bertz CT molecular complexity index is 790. The van der Waals surface area contributed by atoms with Crippen molar-refractivity contribution in [2.45, 2.75) is 57.0 Å². The van der Waals surface area contributed by atoms with Gasteiger partial charge in [0.25, 0.3) is 0 Å². The van der Waals surface area contributed by atoms with Crippen molar-refractivity contribution in [2.24, 2.45) is 4.99 Å². The van der Waals surface area contributed by atoms with Crippen molar-refractivity contribution >= 4 is 40.0 Å². The van der Waals surface area contributed by atoms with Gasteiger partial charge in [-0.25, -0.2) is 17.7 Å². The maximum Gasteiger partial charge on any atom is 0.242 e. The summed E-state index contributed by atoms with van der Waals surface area (Å²) in [4.78, 5) is 7.50. The maximum absolute atomic E-state index is 12.6. The van der Waals surface area contributed by atoms with Gasteiger partial charge in [0.1, 0.15) is 0 Å². The number of likely N-dealkylation sites (tertiary alicyclic amines) is 1. The molecular formula is C21H38IN5O2S. The van der Waals surface area contributed by atoms with E-state index >= 15 is 0 Å². The summed E-state index contributed by atoms with van der Waals surface area (Å²) in [5, 5.41) is 6.72. The number of nitrogens with one attached hydrogen (secondary N) is 2. The first-order chi connectivity index (χ1) is 13.7. The molecule has 1 fully saturated rings. The fourth-order valence-electron chi connectivity index (χ4n) is 3.50. The van der Waals surface area contributed by atoms with Crippen LogP contribution in [0.1, 0.15) is 45.6 Å². The van der Waals surface area contributed by atoms with Gasteiger partial charge in [0.15, 0.2) is 5.96 Å². The number of aliphatic imine (C=N–C) groups is 1. The van der Waals surface area contributed by atoms with Crippen LogP contribution < -0.4 is 10.6 Å². The predicted molar refractivity (Wildman–Crippen MR) is 135 cm³/mol.